The lowest BCUT2D eigenvalue weighted by molar-refractivity contribution is -0.142. The summed E-state index contributed by atoms with van der Waals surface area (Å²) < 4.78 is 0.812. The van der Waals surface area contributed by atoms with Crippen molar-refractivity contribution in [2.45, 2.75) is 19.4 Å². The minimum atomic E-state index is -0.927. The van der Waals surface area contributed by atoms with Gasteiger partial charge in [-0.25, -0.2) is 4.79 Å². The maximum absolute atomic E-state index is 12.3. The van der Waals surface area contributed by atoms with Gasteiger partial charge >= 0.3 is 5.97 Å². The van der Waals surface area contributed by atoms with Gasteiger partial charge in [0.1, 0.15) is 6.04 Å². The summed E-state index contributed by atoms with van der Waals surface area (Å²) in [6.45, 7) is 2.37. The molecule has 1 heterocycles. The number of aliphatic carboxylic acids is 1. The van der Waals surface area contributed by atoms with Crippen LogP contribution in [0, 0.1) is 5.92 Å². The molecule has 1 saturated heterocycles. The van der Waals surface area contributed by atoms with E-state index in [1.54, 1.807) is 18.2 Å². The SMILES string of the molecule is CC1CCN(C(=O)c2cccc(Br)c2)C1C(=O)O. The molecular formula is C13H14BrNO3. The Morgan fingerprint density at radius 1 is 1.44 bits per heavy atom. The zero-order valence-electron chi connectivity index (χ0n) is 9.97. The van der Waals surface area contributed by atoms with Crippen molar-refractivity contribution >= 4 is 27.8 Å². The highest BCUT2D eigenvalue weighted by atomic mass is 79.9. The molecule has 2 atom stereocenters. The first-order valence-corrected chi connectivity index (χ1v) is 6.59. The van der Waals surface area contributed by atoms with Gasteiger partial charge in [0.2, 0.25) is 0 Å². The van der Waals surface area contributed by atoms with E-state index in [4.69, 9.17) is 0 Å². The molecular weight excluding hydrogens is 298 g/mol. The molecule has 2 rings (SSSR count). The number of carbonyl (C=O) groups is 2. The van der Waals surface area contributed by atoms with Crippen molar-refractivity contribution in [2.24, 2.45) is 5.92 Å². The average Bonchev–Trinajstić information content (AvgIpc) is 2.70. The normalized spacial score (nSPS) is 23.1. The highest BCUT2D eigenvalue weighted by Crippen LogP contribution is 2.26. The largest absolute Gasteiger partial charge is 0.480 e. The van der Waals surface area contributed by atoms with E-state index in [1.165, 1.54) is 4.90 Å². The van der Waals surface area contributed by atoms with Crippen molar-refractivity contribution in [3.8, 4) is 0 Å². The number of amides is 1. The van der Waals surface area contributed by atoms with Gasteiger partial charge in [-0.2, -0.15) is 0 Å². The molecule has 1 aromatic rings. The summed E-state index contributed by atoms with van der Waals surface area (Å²) in [6, 6.07) is 6.31. The lowest BCUT2D eigenvalue weighted by Gasteiger charge is -2.23. The van der Waals surface area contributed by atoms with Crippen LogP contribution in [0.1, 0.15) is 23.7 Å². The van der Waals surface area contributed by atoms with Gasteiger partial charge in [0.05, 0.1) is 0 Å². The van der Waals surface area contributed by atoms with E-state index in [0.29, 0.717) is 12.1 Å². The van der Waals surface area contributed by atoms with Crippen LogP contribution in [0.4, 0.5) is 0 Å². The number of rotatable bonds is 2. The fraction of sp³-hybridized carbons (Fsp3) is 0.385. The van der Waals surface area contributed by atoms with Crippen molar-refractivity contribution < 1.29 is 14.7 Å². The number of carbonyl (C=O) groups excluding carboxylic acids is 1. The van der Waals surface area contributed by atoms with Crippen LogP contribution in [-0.2, 0) is 4.79 Å². The molecule has 96 valence electrons. The Morgan fingerprint density at radius 2 is 2.17 bits per heavy atom. The minimum Gasteiger partial charge on any atom is -0.480 e. The summed E-state index contributed by atoms with van der Waals surface area (Å²) in [6.07, 6.45) is 0.733. The van der Waals surface area contributed by atoms with Crippen molar-refractivity contribution in [3.63, 3.8) is 0 Å². The third-order valence-corrected chi connectivity index (χ3v) is 3.78. The molecule has 0 radical (unpaired) electrons. The highest BCUT2D eigenvalue weighted by molar-refractivity contribution is 9.10. The van der Waals surface area contributed by atoms with Gasteiger partial charge in [0.25, 0.3) is 5.91 Å². The number of hydrogen-bond acceptors (Lipinski definition) is 2. The Hall–Kier alpha value is -1.36. The van der Waals surface area contributed by atoms with E-state index in [9.17, 15) is 14.7 Å². The highest BCUT2D eigenvalue weighted by Gasteiger charge is 2.39. The van der Waals surface area contributed by atoms with Gasteiger partial charge in [0, 0.05) is 16.6 Å². The average molecular weight is 312 g/mol. The second-order valence-electron chi connectivity index (χ2n) is 4.56. The Bertz CT molecular complexity index is 489. The van der Waals surface area contributed by atoms with Crippen molar-refractivity contribution in [1.82, 2.24) is 4.90 Å². The van der Waals surface area contributed by atoms with E-state index in [1.807, 2.05) is 13.0 Å². The summed E-state index contributed by atoms with van der Waals surface area (Å²) in [5.74, 6) is -1.14. The van der Waals surface area contributed by atoms with Gasteiger partial charge in [-0.15, -0.1) is 0 Å². The molecule has 0 aliphatic carbocycles. The van der Waals surface area contributed by atoms with Crippen LogP contribution in [-0.4, -0.2) is 34.5 Å². The van der Waals surface area contributed by atoms with Crippen LogP contribution >= 0.6 is 15.9 Å². The number of carboxylic acid groups (broad SMARTS) is 1. The molecule has 1 N–H and O–H groups in total. The fourth-order valence-corrected chi connectivity index (χ4v) is 2.74. The third-order valence-electron chi connectivity index (χ3n) is 3.29. The van der Waals surface area contributed by atoms with E-state index in [2.05, 4.69) is 15.9 Å². The number of likely N-dealkylation sites (tertiary alicyclic amines) is 1. The number of hydrogen-bond donors (Lipinski definition) is 1. The predicted octanol–water partition coefficient (Wildman–Crippen LogP) is 2.38. The van der Waals surface area contributed by atoms with Crippen LogP contribution in [0.5, 0.6) is 0 Å². The van der Waals surface area contributed by atoms with Gasteiger partial charge in [-0.3, -0.25) is 4.79 Å². The summed E-state index contributed by atoms with van der Waals surface area (Å²) in [5.41, 5.74) is 0.518. The molecule has 18 heavy (non-hydrogen) atoms. The molecule has 0 aromatic heterocycles. The van der Waals surface area contributed by atoms with Crippen LogP contribution in [0.2, 0.25) is 0 Å². The van der Waals surface area contributed by atoms with E-state index < -0.39 is 12.0 Å². The summed E-state index contributed by atoms with van der Waals surface area (Å²) in [5, 5.41) is 9.20. The number of nitrogens with zero attached hydrogens (tertiary/aromatic N) is 1. The smallest absolute Gasteiger partial charge is 0.326 e. The Morgan fingerprint density at radius 3 is 2.78 bits per heavy atom. The van der Waals surface area contributed by atoms with Gasteiger partial charge in [-0.05, 0) is 30.5 Å². The maximum atomic E-state index is 12.3. The summed E-state index contributed by atoms with van der Waals surface area (Å²) in [4.78, 5) is 25.0. The lowest BCUT2D eigenvalue weighted by Crippen LogP contribution is -2.42. The van der Waals surface area contributed by atoms with Crippen molar-refractivity contribution in [1.29, 1.82) is 0 Å². The van der Waals surface area contributed by atoms with Crippen molar-refractivity contribution in [3.05, 3.63) is 34.3 Å². The standard InChI is InChI=1S/C13H14BrNO3/c1-8-5-6-15(11(8)13(17)18)12(16)9-3-2-4-10(14)7-9/h2-4,7-8,11H,5-6H2,1H3,(H,17,18). The topological polar surface area (TPSA) is 57.6 Å². The first-order chi connectivity index (χ1) is 8.50. The lowest BCUT2D eigenvalue weighted by atomic mass is 10.0. The van der Waals surface area contributed by atoms with Crippen LogP contribution in [0.25, 0.3) is 0 Å². The molecule has 0 spiro atoms. The first-order valence-electron chi connectivity index (χ1n) is 5.80. The second kappa shape index (κ2) is 5.10. The summed E-state index contributed by atoms with van der Waals surface area (Å²) >= 11 is 3.31. The Labute approximate surface area is 114 Å². The molecule has 1 aliphatic heterocycles. The first kappa shape index (κ1) is 13.1. The van der Waals surface area contributed by atoms with E-state index >= 15 is 0 Å². The Balaban J connectivity index is 2.26. The number of benzene rings is 1. The quantitative estimate of drug-likeness (QED) is 0.912. The molecule has 0 saturated carbocycles. The second-order valence-corrected chi connectivity index (χ2v) is 5.47. The van der Waals surface area contributed by atoms with Crippen LogP contribution in [0.15, 0.2) is 28.7 Å². The monoisotopic (exact) mass is 311 g/mol. The molecule has 1 amide bonds. The fourth-order valence-electron chi connectivity index (χ4n) is 2.34. The van der Waals surface area contributed by atoms with Gasteiger partial charge < -0.3 is 10.0 Å². The summed E-state index contributed by atoms with van der Waals surface area (Å²) in [7, 11) is 0. The minimum absolute atomic E-state index is 0.00129. The number of carboxylic acids is 1. The maximum Gasteiger partial charge on any atom is 0.326 e. The molecule has 1 aliphatic rings. The molecule has 5 heteroatoms. The van der Waals surface area contributed by atoms with Crippen molar-refractivity contribution in [2.75, 3.05) is 6.54 Å². The third kappa shape index (κ3) is 2.41. The predicted molar refractivity (Wildman–Crippen MR) is 70.4 cm³/mol. The zero-order chi connectivity index (χ0) is 13.3. The van der Waals surface area contributed by atoms with Gasteiger partial charge in [-0.1, -0.05) is 28.9 Å². The van der Waals surface area contributed by atoms with Crippen LogP contribution < -0.4 is 0 Å². The molecule has 0 bridgehead atoms. The van der Waals surface area contributed by atoms with Crippen LogP contribution in [0.3, 0.4) is 0 Å². The van der Waals surface area contributed by atoms with E-state index in [0.717, 1.165) is 10.9 Å². The number of halogens is 1. The molecule has 4 nitrogen and oxygen atoms in total. The Kier molecular flexibility index (Phi) is 3.71. The molecule has 1 fully saturated rings. The van der Waals surface area contributed by atoms with E-state index in [-0.39, 0.29) is 11.8 Å². The zero-order valence-corrected chi connectivity index (χ0v) is 11.6. The van der Waals surface area contributed by atoms with Gasteiger partial charge in [0.15, 0.2) is 0 Å². The molecule has 1 aromatic carbocycles. The molecule has 2 unspecified atom stereocenters.